The van der Waals surface area contributed by atoms with Crippen molar-refractivity contribution in [2.24, 2.45) is 0 Å². The zero-order valence-corrected chi connectivity index (χ0v) is 13.4. The van der Waals surface area contributed by atoms with Crippen molar-refractivity contribution in [3.05, 3.63) is 35.9 Å². The Bertz CT molecular complexity index is 755. The standard InChI is InChI=1S/C14H15N5S2/c1-19(2)12-10-11(16-13(15)21-10)17-14(18-12)20-8-9-6-4-3-5-7-9/h3-7H,8H2,1-2H3,(H2,15,16,17,18). The van der Waals surface area contributed by atoms with Gasteiger partial charge in [-0.15, -0.1) is 0 Å². The van der Waals surface area contributed by atoms with E-state index in [1.54, 1.807) is 11.8 Å². The van der Waals surface area contributed by atoms with Crippen LogP contribution in [0.25, 0.3) is 10.3 Å². The highest BCUT2D eigenvalue weighted by atomic mass is 32.2. The molecule has 0 bridgehead atoms. The number of aromatic nitrogens is 3. The summed E-state index contributed by atoms with van der Waals surface area (Å²) in [6.45, 7) is 0. The first-order valence-corrected chi connectivity index (χ1v) is 8.22. The van der Waals surface area contributed by atoms with Crippen LogP contribution in [0, 0.1) is 0 Å². The lowest BCUT2D eigenvalue weighted by molar-refractivity contribution is 0.954. The Hall–Kier alpha value is -1.86. The van der Waals surface area contributed by atoms with Gasteiger partial charge in [0.2, 0.25) is 0 Å². The van der Waals surface area contributed by atoms with Gasteiger partial charge in [0, 0.05) is 19.8 Å². The molecule has 21 heavy (non-hydrogen) atoms. The summed E-state index contributed by atoms with van der Waals surface area (Å²) in [6.07, 6.45) is 0. The van der Waals surface area contributed by atoms with Crippen molar-refractivity contribution >= 4 is 44.4 Å². The lowest BCUT2D eigenvalue weighted by atomic mass is 10.2. The number of hydrogen-bond donors (Lipinski definition) is 1. The highest BCUT2D eigenvalue weighted by Gasteiger charge is 2.14. The monoisotopic (exact) mass is 317 g/mol. The molecule has 1 aromatic carbocycles. The summed E-state index contributed by atoms with van der Waals surface area (Å²) in [5, 5.41) is 1.24. The molecule has 0 aliphatic rings. The Morgan fingerprint density at radius 3 is 2.62 bits per heavy atom. The van der Waals surface area contributed by atoms with E-state index in [-0.39, 0.29) is 0 Å². The molecule has 2 heterocycles. The maximum atomic E-state index is 5.79. The van der Waals surface area contributed by atoms with Crippen molar-refractivity contribution in [3.63, 3.8) is 0 Å². The molecular formula is C14H15N5S2. The van der Waals surface area contributed by atoms with Gasteiger partial charge in [0.25, 0.3) is 0 Å². The third-order valence-electron chi connectivity index (χ3n) is 2.87. The molecular weight excluding hydrogens is 302 g/mol. The lowest BCUT2D eigenvalue weighted by Crippen LogP contribution is -2.11. The van der Waals surface area contributed by atoms with E-state index in [0.717, 1.165) is 21.4 Å². The second-order valence-corrected chi connectivity index (χ2v) is 6.68. The van der Waals surface area contributed by atoms with E-state index < -0.39 is 0 Å². The lowest BCUT2D eigenvalue weighted by Gasteiger charge is -2.12. The van der Waals surface area contributed by atoms with Crippen LogP contribution in [0.15, 0.2) is 35.5 Å². The number of thioether (sulfide) groups is 1. The first-order valence-electron chi connectivity index (χ1n) is 6.41. The van der Waals surface area contributed by atoms with Crippen LogP contribution < -0.4 is 10.6 Å². The molecule has 5 nitrogen and oxygen atoms in total. The normalized spacial score (nSPS) is 11.0. The fraction of sp³-hybridized carbons (Fsp3) is 0.214. The van der Waals surface area contributed by atoms with Gasteiger partial charge < -0.3 is 10.6 Å². The fourth-order valence-electron chi connectivity index (χ4n) is 1.90. The van der Waals surface area contributed by atoms with Gasteiger partial charge in [-0.25, -0.2) is 15.0 Å². The third-order valence-corrected chi connectivity index (χ3v) is 4.65. The Balaban J connectivity index is 1.92. The van der Waals surface area contributed by atoms with Gasteiger partial charge in [-0.2, -0.15) is 0 Å². The Labute approximate surface area is 131 Å². The Morgan fingerprint density at radius 1 is 1.14 bits per heavy atom. The van der Waals surface area contributed by atoms with Crippen molar-refractivity contribution in [2.45, 2.75) is 10.9 Å². The minimum Gasteiger partial charge on any atom is -0.375 e. The van der Waals surface area contributed by atoms with Crippen molar-refractivity contribution < 1.29 is 0 Å². The molecule has 0 unspecified atom stereocenters. The number of anilines is 2. The Kier molecular flexibility index (Phi) is 3.94. The zero-order valence-electron chi connectivity index (χ0n) is 11.8. The first kappa shape index (κ1) is 14.1. The van der Waals surface area contributed by atoms with Crippen LogP contribution >= 0.6 is 23.1 Å². The maximum absolute atomic E-state index is 5.79. The quantitative estimate of drug-likeness (QED) is 0.589. The van der Waals surface area contributed by atoms with E-state index in [9.17, 15) is 0 Å². The molecule has 7 heteroatoms. The molecule has 2 N–H and O–H groups in total. The van der Waals surface area contributed by atoms with Crippen LogP contribution in [0.5, 0.6) is 0 Å². The van der Waals surface area contributed by atoms with Crippen LogP contribution in [-0.2, 0) is 5.75 Å². The predicted molar refractivity (Wildman–Crippen MR) is 90.0 cm³/mol. The van der Waals surface area contributed by atoms with Crippen molar-refractivity contribution in [3.8, 4) is 0 Å². The van der Waals surface area contributed by atoms with Gasteiger partial charge in [-0.1, -0.05) is 53.4 Å². The van der Waals surface area contributed by atoms with Gasteiger partial charge in [0.05, 0.1) is 0 Å². The smallest absolute Gasteiger partial charge is 0.191 e. The average molecular weight is 317 g/mol. The second kappa shape index (κ2) is 5.87. The second-order valence-electron chi connectivity index (χ2n) is 4.70. The molecule has 3 rings (SSSR count). The van der Waals surface area contributed by atoms with Crippen LogP contribution in [0.4, 0.5) is 10.9 Å². The van der Waals surface area contributed by atoms with Crippen molar-refractivity contribution in [1.82, 2.24) is 15.0 Å². The SMILES string of the molecule is CN(C)c1nc(SCc2ccccc2)nc2nc(N)sc12. The number of nitrogens with two attached hydrogens (primary N) is 1. The molecule has 0 amide bonds. The Morgan fingerprint density at radius 2 is 1.90 bits per heavy atom. The minimum absolute atomic E-state index is 0.521. The van der Waals surface area contributed by atoms with Crippen LogP contribution in [0.2, 0.25) is 0 Å². The molecule has 0 saturated carbocycles. The van der Waals surface area contributed by atoms with Crippen molar-refractivity contribution in [1.29, 1.82) is 0 Å². The highest BCUT2D eigenvalue weighted by molar-refractivity contribution is 7.98. The molecule has 0 atom stereocenters. The van der Waals surface area contributed by atoms with E-state index in [4.69, 9.17) is 5.73 Å². The van der Waals surface area contributed by atoms with Gasteiger partial charge in [0.1, 0.15) is 4.70 Å². The number of benzene rings is 1. The molecule has 0 spiro atoms. The molecule has 3 aromatic rings. The van der Waals surface area contributed by atoms with E-state index in [0.29, 0.717) is 10.8 Å². The van der Waals surface area contributed by atoms with Crippen LogP contribution in [0.3, 0.4) is 0 Å². The van der Waals surface area contributed by atoms with Gasteiger partial charge in [0.15, 0.2) is 21.8 Å². The number of nitrogens with zero attached hydrogens (tertiary/aromatic N) is 4. The van der Waals surface area contributed by atoms with Gasteiger partial charge in [-0.3, -0.25) is 0 Å². The van der Waals surface area contributed by atoms with Crippen LogP contribution in [-0.4, -0.2) is 29.0 Å². The number of nitrogen functional groups attached to an aromatic ring is 1. The van der Waals surface area contributed by atoms with E-state index in [2.05, 4.69) is 27.1 Å². The van der Waals surface area contributed by atoms with Crippen molar-refractivity contribution in [2.75, 3.05) is 24.7 Å². The minimum atomic E-state index is 0.521. The third kappa shape index (κ3) is 3.08. The first-order chi connectivity index (χ1) is 10.1. The maximum Gasteiger partial charge on any atom is 0.191 e. The predicted octanol–water partition coefficient (Wildman–Crippen LogP) is 3.03. The number of rotatable bonds is 4. The number of fused-ring (bicyclic) bond motifs is 1. The summed E-state index contributed by atoms with van der Waals surface area (Å²) in [6, 6.07) is 10.3. The number of thiazole rings is 1. The molecule has 0 fully saturated rings. The summed E-state index contributed by atoms with van der Waals surface area (Å²) in [7, 11) is 3.92. The zero-order chi connectivity index (χ0) is 14.8. The van der Waals surface area contributed by atoms with E-state index >= 15 is 0 Å². The average Bonchev–Trinajstić information content (AvgIpc) is 2.85. The molecule has 0 aliphatic heterocycles. The van der Waals surface area contributed by atoms with E-state index in [1.807, 2.05) is 37.2 Å². The summed E-state index contributed by atoms with van der Waals surface area (Å²) in [5.41, 5.74) is 7.71. The van der Waals surface area contributed by atoms with E-state index in [1.165, 1.54) is 16.9 Å². The largest absolute Gasteiger partial charge is 0.375 e. The molecule has 108 valence electrons. The summed E-state index contributed by atoms with van der Waals surface area (Å²) < 4.78 is 0.932. The highest BCUT2D eigenvalue weighted by Crippen LogP contribution is 2.32. The van der Waals surface area contributed by atoms with Gasteiger partial charge in [-0.05, 0) is 5.56 Å². The number of hydrogen-bond acceptors (Lipinski definition) is 7. The summed E-state index contributed by atoms with van der Waals surface area (Å²) >= 11 is 3.03. The topological polar surface area (TPSA) is 67.9 Å². The molecule has 0 saturated heterocycles. The fourth-order valence-corrected chi connectivity index (χ4v) is 3.53. The molecule has 0 aliphatic carbocycles. The summed E-state index contributed by atoms with van der Waals surface area (Å²) in [4.78, 5) is 15.4. The molecule has 0 radical (unpaired) electrons. The van der Waals surface area contributed by atoms with Crippen LogP contribution in [0.1, 0.15) is 5.56 Å². The van der Waals surface area contributed by atoms with Gasteiger partial charge >= 0.3 is 0 Å². The summed E-state index contributed by atoms with van der Waals surface area (Å²) in [5.74, 6) is 1.70. The molecule has 2 aromatic heterocycles.